The highest BCUT2D eigenvalue weighted by Crippen LogP contribution is 2.23. The maximum atomic E-state index is 11.8. The van der Waals surface area contributed by atoms with Crippen molar-refractivity contribution in [3.8, 4) is 11.5 Å². The number of phenolic OH excluding ortho intramolecular Hbond substituents is 2. The first kappa shape index (κ1) is 16.8. The molecule has 0 aliphatic rings. The van der Waals surface area contributed by atoms with Crippen molar-refractivity contribution < 1.29 is 24.5 Å². The summed E-state index contributed by atoms with van der Waals surface area (Å²) in [5.41, 5.74) is 1.41. The summed E-state index contributed by atoms with van der Waals surface area (Å²) in [7, 11) is 0. The average Bonchev–Trinajstić information content (AvgIpc) is 2.48. The zero-order chi connectivity index (χ0) is 17.0. The number of esters is 1. The number of hydrogen-bond donors (Lipinski definition) is 3. The standard InChI is InChI=1S/C16H14BrNO5/c1-9-6-10(2-5-13(9)17)18-15(21)8-23-16(22)12-4-3-11(19)7-14(12)20/h2-7,19-20H,8H2,1H3,(H,18,21). The zero-order valence-electron chi connectivity index (χ0n) is 12.2. The molecule has 0 heterocycles. The van der Waals surface area contributed by atoms with E-state index in [-0.39, 0.29) is 11.3 Å². The number of ether oxygens (including phenoxy) is 1. The van der Waals surface area contributed by atoms with Crippen LogP contribution in [0, 0.1) is 6.92 Å². The number of nitrogens with one attached hydrogen (secondary N) is 1. The second-order valence-electron chi connectivity index (χ2n) is 4.79. The van der Waals surface area contributed by atoms with Crippen LogP contribution in [0.4, 0.5) is 5.69 Å². The topological polar surface area (TPSA) is 95.9 Å². The first-order chi connectivity index (χ1) is 10.9. The number of rotatable bonds is 4. The van der Waals surface area contributed by atoms with Gasteiger partial charge in [-0.15, -0.1) is 0 Å². The number of carbonyl (C=O) groups excluding carboxylic acids is 2. The Morgan fingerprint density at radius 1 is 1.17 bits per heavy atom. The summed E-state index contributed by atoms with van der Waals surface area (Å²) in [6.07, 6.45) is 0. The van der Waals surface area contributed by atoms with Gasteiger partial charge in [-0.1, -0.05) is 15.9 Å². The lowest BCUT2D eigenvalue weighted by molar-refractivity contribution is -0.119. The van der Waals surface area contributed by atoms with E-state index in [9.17, 15) is 14.7 Å². The lowest BCUT2D eigenvalue weighted by Crippen LogP contribution is -2.21. The van der Waals surface area contributed by atoms with Gasteiger partial charge < -0.3 is 20.3 Å². The third-order valence-corrected chi connectivity index (χ3v) is 3.87. The van der Waals surface area contributed by atoms with Gasteiger partial charge in [-0.3, -0.25) is 4.79 Å². The molecule has 23 heavy (non-hydrogen) atoms. The summed E-state index contributed by atoms with van der Waals surface area (Å²) >= 11 is 3.36. The van der Waals surface area contributed by atoms with Crippen molar-refractivity contribution in [2.75, 3.05) is 11.9 Å². The molecular formula is C16H14BrNO5. The van der Waals surface area contributed by atoms with Crippen LogP contribution in [0.1, 0.15) is 15.9 Å². The van der Waals surface area contributed by atoms with Gasteiger partial charge in [0.2, 0.25) is 0 Å². The van der Waals surface area contributed by atoms with Gasteiger partial charge >= 0.3 is 5.97 Å². The van der Waals surface area contributed by atoms with Crippen LogP contribution in [0.2, 0.25) is 0 Å². The first-order valence-electron chi connectivity index (χ1n) is 6.62. The molecule has 0 spiro atoms. The zero-order valence-corrected chi connectivity index (χ0v) is 13.8. The Balaban J connectivity index is 1.93. The third-order valence-electron chi connectivity index (χ3n) is 2.98. The number of carbonyl (C=O) groups is 2. The van der Waals surface area contributed by atoms with Crippen LogP contribution < -0.4 is 5.32 Å². The van der Waals surface area contributed by atoms with Gasteiger partial charge in [0, 0.05) is 16.2 Å². The van der Waals surface area contributed by atoms with Crippen LogP contribution in [0.3, 0.4) is 0 Å². The molecular weight excluding hydrogens is 366 g/mol. The number of aromatic hydroxyl groups is 2. The number of benzene rings is 2. The van der Waals surface area contributed by atoms with Crippen LogP contribution in [-0.2, 0) is 9.53 Å². The minimum Gasteiger partial charge on any atom is -0.508 e. The Labute approximate surface area is 140 Å². The van der Waals surface area contributed by atoms with Crippen LogP contribution in [0.25, 0.3) is 0 Å². The molecule has 0 aromatic heterocycles. The molecule has 7 heteroatoms. The van der Waals surface area contributed by atoms with E-state index >= 15 is 0 Å². The van der Waals surface area contributed by atoms with Gasteiger partial charge in [0.1, 0.15) is 17.1 Å². The maximum absolute atomic E-state index is 11.8. The van der Waals surface area contributed by atoms with Crippen molar-refractivity contribution in [2.24, 2.45) is 0 Å². The highest BCUT2D eigenvalue weighted by Gasteiger charge is 2.15. The summed E-state index contributed by atoms with van der Waals surface area (Å²) in [6.45, 7) is 1.39. The Bertz CT molecular complexity index is 760. The molecule has 0 aliphatic heterocycles. The SMILES string of the molecule is Cc1cc(NC(=O)COC(=O)c2ccc(O)cc2O)ccc1Br. The Kier molecular flexibility index (Phi) is 5.23. The highest BCUT2D eigenvalue weighted by atomic mass is 79.9. The molecule has 0 unspecified atom stereocenters. The number of halogens is 1. The van der Waals surface area contributed by atoms with Gasteiger partial charge in [-0.25, -0.2) is 4.79 Å². The fraction of sp³-hybridized carbons (Fsp3) is 0.125. The van der Waals surface area contributed by atoms with Crippen molar-refractivity contribution in [3.05, 3.63) is 52.0 Å². The van der Waals surface area contributed by atoms with E-state index in [4.69, 9.17) is 9.84 Å². The second-order valence-corrected chi connectivity index (χ2v) is 5.64. The molecule has 2 aromatic rings. The third kappa shape index (κ3) is 4.46. The van der Waals surface area contributed by atoms with Gasteiger partial charge in [0.15, 0.2) is 6.61 Å². The van der Waals surface area contributed by atoms with E-state index in [1.54, 1.807) is 18.2 Å². The van der Waals surface area contributed by atoms with E-state index in [2.05, 4.69) is 21.2 Å². The Morgan fingerprint density at radius 3 is 2.57 bits per heavy atom. The van der Waals surface area contributed by atoms with Crippen LogP contribution in [0.5, 0.6) is 11.5 Å². The molecule has 6 nitrogen and oxygen atoms in total. The number of phenols is 2. The molecule has 0 radical (unpaired) electrons. The molecule has 120 valence electrons. The van der Waals surface area contributed by atoms with Crippen LogP contribution in [-0.4, -0.2) is 28.7 Å². The summed E-state index contributed by atoms with van der Waals surface area (Å²) < 4.78 is 5.76. The van der Waals surface area contributed by atoms with E-state index in [0.29, 0.717) is 5.69 Å². The van der Waals surface area contributed by atoms with Crippen LogP contribution in [0.15, 0.2) is 40.9 Å². The molecule has 0 bridgehead atoms. The predicted octanol–water partition coefficient (Wildman–Crippen LogP) is 2.96. The summed E-state index contributed by atoms with van der Waals surface area (Å²) in [6, 6.07) is 8.74. The smallest absolute Gasteiger partial charge is 0.342 e. The molecule has 1 amide bonds. The largest absolute Gasteiger partial charge is 0.508 e. The van der Waals surface area contributed by atoms with E-state index in [1.165, 1.54) is 12.1 Å². The molecule has 0 saturated carbocycles. The Hall–Kier alpha value is -2.54. The number of amides is 1. The van der Waals surface area contributed by atoms with Gasteiger partial charge in [0.05, 0.1) is 0 Å². The quantitative estimate of drug-likeness (QED) is 0.709. The fourth-order valence-electron chi connectivity index (χ4n) is 1.82. The molecule has 0 fully saturated rings. The molecule has 2 rings (SSSR count). The number of anilines is 1. The average molecular weight is 380 g/mol. The lowest BCUT2D eigenvalue weighted by atomic mass is 10.2. The van der Waals surface area contributed by atoms with Gasteiger partial charge in [-0.05, 0) is 42.8 Å². The van der Waals surface area contributed by atoms with Gasteiger partial charge in [0.25, 0.3) is 5.91 Å². The predicted molar refractivity (Wildman–Crippen MR) is 87.6 cm³/mol. The number of aryl methyl sites for hydroxylation is 1. The minimum absolute atomic E-state index is 0.130. The maximum Gasteiger partial charge on any atom is 0.342 e. The second kappa shape index (κ2) is 7.15. The van der Waals surface area contributed by atoms with Crippen molar-refractivity contribution in [1.29, 1.82) is 0 Å². The minimum atomic E-state index is -0.857. The van der Waals surface area contributed by atoms with E-state index < -0.39 is 24.2 Å². The lowest BCUT2D eigenvalue weighted by Gasteiger charge is -2.09. The summed E-state index contributed by atoms with van der Waals surface area (Å²) in [4.78, 5) is 23.6. The van der Waals surface area contributed by atoms with Crippen molar-refractivity contribution in [2.45, 2.75) is 6.92 Å². The van der Waals surface area contributed by atoms with Gasteiger partial charge in [-0.2, -0.15) is 0 Å². The Morgan fingerprint density at radius 2 is 1.91 bits per heavy atom. The van der Waals surface area contributed by atoms with E-state index in [1.807, 2.05) is 6.92 Å². The number of hydrogen-bond acceptors (Lipinski definition) is 5. The normalized spacial score (nSPS) is 10.2. The molecule has 3 N–H and O–H groups in total. The fourth-order valence-corrected chi connectivity index (χ4v) is 2.07. The van der Waals surface area contributed by atoms with Crippen LogP contribution >= 0.6 is 15.9 Å². The monoisotopic (exact) mass is 379 g/mol. The van der Waals surface area contributed by atoms with Crippen molar-refractivity contribution in [1.82, 2.24) is 0 Å². The first-order valence-corrected chi connectivity index (χ1v) is 7.41. The molecule has 0 atom stereocenters. The molecule has 2 aromatic carbocycles. The van der Waals surface area contributed by atoms with Crippen molar-refractivity contribution >= 4 is 33.5 Å². The van der Waals surface area contributed by atoms with Crippen molar-refractivity contribution in [3.63, 3.8) is 0 Å². The summed E-state index contributed by atoms with van der Waals surface area (Å²) in [5.74, 6) is -1.95. The molecule has 0 aliphatic carbocycles. The van der Waals surface area contributed by atoms with E-state index in [0.717, 1.165) is 16.1 Å². The highest BCUT2D eigenvalue weighted by molar-refractivity contribution is 9.10. The molecule has 0 saturated heterocycles. The summed E-state index contributed by atoms with van der Waals surface area (Å²) in [5, 5.41) is 21.3.